The summed E-state index contributed by atoms with van der Waals surface area (Å²) in [5.74, 6) is 0. The van der Waals surface area contributed by atoms with E-state index >= 15 is 0 Å². The van der Waals surface area contributed by atoms with E-state index in [0.29, 0.717) is 0 Å². The molecule has 0 heteroatoms. The first-order chi connectivity index (χ1) is 5.91. The van der Waals surface area contributed by atoms with Crippen LogP contribution in [0.25, 0.3) is 0 Å². The van der Waals surface area contributed by atoms with Crippen LogP contribution in [0.3, 0.4) is 0 Å². The molecule has 72 valence electrons. The van der Waals surface area contributed by atoms with Gasteiger partial charge in [0.1, 0.15) is 0 Å². The lowest BCUT2D eigenvalue weighted by Crippen LogP contribution is -1.77. The maximum atomic E-state index is 2.27. The molecule has 0 fully saturated rings. The molecule has 0 heterocycles. The second kappa shape index (κ2) is 10.7. The molecule has 0 aromatic heterocycles. The first-order valence-corrected chi connectivity index (χ1v) is 5.56. The van der Waals surface area contributed by atoms with Crippen molar-refractivity contribution in [2.75, 3.05) is 0 Å². The van der Waals surface area contributed by atoms with Crippen molar-refractivity contribution in [3.8, 4) is 0 Å². The van der Waals surface area contributed by atoms with Crippen molar-refractivity contribution < 1.29 is 0 Å². The van der Waals surface area contributed by atoms with E-state index in [1.165, 1.54) is 51.4 Å². The van der Waals surface area contributed by atoms with Crippen molar-refractivity contribution in [2.45, 2.75) is 65.2 Å². The van der Waals surface area contributed by atoms with Gasteiger partial charge in [-0.2, -0.15) is 0 Å². The minimum atomic E-state index is 1.32. The lowest BCUT2D eigenvalue weighted by atomic mass is 10.1. The van der Waals surface area contributed by atoms with Crippen molar-refractivity contribution in [1.82, 2.24) is 0 Å². The molecule has 0 spiro atoms. The van der Waals surface area contributed by atoms with Gasteiger partial charge in [-0.05, 0) is 25.7 Å². The third kappa shape index (κ3) is 9.74. The minimum Gasteiger partial charge on any atom is -0.0885 e. The van der Waals surface area contributed by atoms with Crippen molar-refractivity contribution in [3.05, 3.63) is 12.2 Å². The topological polar surface area (TPSA) is 0 Å². The van der Waals surface area contributed by atoms with Crippen LogP contribution in [0.1, 0.15) is 65.2 Å². The van der Waals surface area contributed by atoms with E-state index in [-0.39, 0.29) is 0 Å². The second-order valence-electron chi connectivity index (χ2n) is 3.46. The number of unbranched alkanes of at least 4 members (excludes halogenated alkanes) is 3. The highest BCUT2D eigenvalue weighted by molar-refractivity contribution is 4.85. The zero-order chi connectivity index (χ0) is 9.07. The highest BCUT2D eigenvalue weighted by Gasteiger charge is 1.87. The summed E-state index contributed by atoms with van der Waals surface area (Å²) in [5, 5.41) is 0. The fraction of sp³-hybridized carbons (Fsp3) is 0.833. The number of rotatable bonds is 3. The summed E-state index contributed by atoms with van der Waals surface area (Å²) in [7, 11) is 0. The molecule has 0 bridgehead atoms. The Morgan fingerprint density at radius 2 is 1.25 bits per heavy atom. The van der Waals surface area contributed by atoms with E-state index in [2.05, 4.69) is 26.0 Å². The Morgan fingerprint density at radius 1 is 0.833 bits per heavy atom. The molecule has 0 saturated heterocycles. The van der Waals surface area contributed by atoms with Gasteiger partial charge in [0.2, 0.25) is 0 Å². The second-order valence-corrected chi connectivity index (χ2v) is 3.46. The van der Waals surface area contributed by atoms with Gasteiger partial charge in [-0.25, -0.2) is 0 Å². The van der Waals surface area contributed by atoms with Crippen LogP contribution in [0.5, 0.6) is 0 Å². The van der Waals surface area contributed by atoms with Gasteiger partial charge in [-0.15, -0.1) is 0 Å². The Bertz CT molecular complexity index is 80.2. The third-order valence-corrected chi connectivity index (χ3v) is 2.12. The van der Waals surface area contributed by atoms with E-state index in [4.69, 9.17) is 0 Å². The van der Waals surface area contributed by atoms with E-state index < -0.39 is 0 Å². The van der Waals surface area contributed by atoms with Gasteiger partial charge in [-0.3, -0.25) is 0 Å². The van der Waals surface area contributed by atoms with E-state index in [1.807, 2.05) is 0 Å². The van der Waals surface area contributed by atoms with E-state index in [0.717, 1.165) is 0 Å². The Kier molecular flexibility index (Phi) is 10.5. The fourth-order valence-corrected chi connectivity index (χ4v) is 1.26. The molecule has 0 nitrogen and oxygen atoms in total. The number of hydrogen-bond acceptors (Lipinski definition) is 0. The summed E-state index contributed by atoms with van der Waals surface area (Å²) in [6.45, 7) is 4.46. The smallest absolute Gasteiger partial charge is 0.0351 e. The fourth-order valence-electron chi connectivity index (χ4n) is 1.26. The summed E-state index contributed by atoms with van der Waals surface area (Å²) in [4.78, 5) is 0. The molecule has 0 radical (unpaired) electrons. The first kappa shape index (κ1) is 11.7. The maximum Gasteiger partial charge on any atom is -0.0351 e. The molecule has 1 aliphatic rings. The standard InChI is InChI=1S/C6H10.C6H14/c1-2-4-6-5-3-1;1-3-5-6-4-2/h1-2H,3-6H2;3-6H2,1-2H3. The van der Waals surface area contributed by atoms with Crippen LogP contribution in [0.15, 0.2) is 12.2 Å². The molecule has 0 unspecified atom stereocenters. The van der Waals surface area contributed by atoms with Crippen LogP contribution in [0.2, 0.25) is 0 Å². The third-order valence-electron chi connectivity index (χ3n) is 2.12. The van der Waals surface area contributed by atoms with Crippen molar-refractivity contribution in [3.63, 3.8) is 0 Å². The first-order valence-electron chi connectivity index (χ1n) is 5.56. The SMILES string of the molecule is C1=CCCCC1.CCCCCC. The van der Waals surface area contributed by atoms with Crippen molar-refractivity contribution >= 4 is 0 Å². The van der Waals surface area contributed by atoms with E-state index in [9.17, 15) is 0 Å². The summed E-state index contributed by atoms with van der Waals surface area (Å²) in [6, 6.07) is 0. The molecule has 0 atom stereocenters. The summed E-state index contributed by atoms with van der Waals surface area (Å²) in [6.07, 6.45) is 15.5. The van der Waals surface area contributed by atoms with Crippen LogP contribution in [-0.2, 0) is 0 Å². The summed E-state index contributed by atoms with van der Waals surface area (Å²) < 4.78 is 0. The normalized spacial score (nSPS) is 15.2. The van der Waals surface area contributed by atoms with Gasteiger partial charge in [0.15, 0.2) is 0 Å². The molecule has 0 amide bonds. The largest absolute Gasteiger partial charge is 0.0885 e. The quantitative estimate of drug-likeness (QED) is 0.423. The molecular formula is C12H24. The molecule has 1 rings (SSSR count). The van der Waals surface area contributed by atoms with Crippen molar-refractivity contribution in [1.29, 1.82) is 0 Å². The zero-order valence-electron chi connectivity index (χ0n) is 8.81. The van der Waals surface area contributed by atoms with Crippen LogP contribution in [0, 0.1) is 0 Å². The lowest BCUT2D eigenvalue weighted by Gasteiger charge is -1.97. The molecule has 0 saturated carbocycles. The molecule has 0 aromatic carbocycles. The lowest BCUT2D eigenvalue weighted by molar-refractivity contribution is 0.702. The molecule has 12 heavy (non-hydrogen) atoms. The number of allylic oxidation sites excluding steroid dienone is 2. The van der Waals surface area contributed by atoms with Gasteiger partial charge in [0, 0.05) is 0 Å². The zero-order valence-corrected chi connectivity index (χ0v) is 8.81. The van der Waals surface area contributed by atoms with Gasteiger partial charge < -0.3 is 0 Å². The highest BCUT2D eigenvalue weighted by atomic mass is 13.9. The molecule has 0 aromatic rings. The molecule has 1 aliphatic carbocycles. The van der Waals surface area contributed by atoms with Gasteiger partial charge in [0.05, 0.1) is 0 Å². The van der Waals surface area contributed by atoms with Crippen LogP contribution in [-0.4, -0.2) is 0 Å². The van der Waals surface area contributed by atoms with Crippen LogP contribution >= 0.6 is 0 Å². The van der Waals surface area contributed by atoms with Crippen molar-refractivity contribution in [2.24, 2.45) is 0 Å². The average molecular weight is 168 g/mol. The Hall–Kier alpha value is -0.260. The Labute approximate surface area is 78.1 Å². The summed E-state index contributed by atoms with van der Waals surface area (Å²) >= 11 is 0. The van der Waals surface area contributed by atoms with Crippen LogP contribution in [0.4, 0.5) is 0 Å². The molecule has 0 N–H and O–H groups in total. The average Bonchev–Trinajstić information content (AvgIpc) is 2.18. The predicted molar refractivity (Wildman–Crippen MR) is 57.4 cm³/mol. The van der Waals surface area contributed by atoms with Gasteiger partial charge in [0.25, 0.3) is 0 Å². The highest BCUT2D eigenvalue weighted by Crippen LogP contribution is 2.07. The Balaban J connectivity index is 0.000000202. The van der Waals surface area contributed by atoms with Crippen LogP contribution < -0.4 is 0 Å². The number of hydrogen-bond donors (Lipinski definition) is 0. The monoisotopic (exact) mass is 168 g/mol. The predicted octanol–water partition coefficient (Wildman–Crippen LogP) is 4.70. The van der Waals surface area contributed by atoms with Gasteiger partial charge in [-0.1, -0.05) is 51.7 Å². The summed E-state index contributed by atoms with van der Waals surface area (Å²) in [5.41, 5.74) is 0. The van der Waals surface area contributed by atoms with Gasteiger partial charge >= 0.3 is 0 Å². The molecule has 0 aliphatic heterocycles. The van der Waals surface area contributed by atoms with E-state index in [1.54, 1.807) is 0 Å². The Morgan fingerprint density at radius 3 is 1.42 bits per heavy atom. The molecular weight excluding hydrogens is 144 g/mol. The minimum absolute atomic E-state index is 1.32. The maximum absolute atomic E-state index is 2.27.